The van der Waals surface area contributed by atoms with Gasteiger partial charge in [-0.15, -0.1) is 0 Å². The second-order valence-corrected chi connectivity index (χ2v) is 12.3. The Hall–Kier alpha value is -1.03. The molecule has 0 spiro atoms. The van der Waals surface area contributed by atoms with Crippen molar-refractivity contribution in [2.45, 2.75) is 122 Å². The van der Waals surface area contributed by atoms with E-state index in [4.69, 9.17) is 18.5 Å². The lowest BCUT2D eigenvalue weighted by atomic mass is 10.0. The topological polar surface area (TPSA) is 107 Å². The summed E-state index contributed by atoms with van der Waals surface area (Å²) in [4.78, 5) is 21.7. The summed E-state index contributed by atoms with van der Waals surface area (Å²) >= 11 is 1.52. The Labute approximate surface area is 240 Å². The molecule has 228 valence electrons. The van der Waals surface area contributed by atoms with Crippen molar-refractivity contribution in [1.82, 2.24) is 5.32 Å². The van der Waals surface area contributed by atoms with Crippen molar-refractivity contribution < 1.29 is 37.3 Å². The summed E-state index contributed by atoms with van der Waals surface area (Å²) in [5.41, 5.74) is 1.87. The maximum absolute atomic E-state index is 12.0. The van der Waals surface area contributed by atoms with E-state index in [1.807, 2.05) is 21.7 Å². The summed E-state index contributed by atoms with van der Waals surface area (Å²) in [6, 6.07) is 0. The van der Waals surface area contributed by atoms with Gasteiger partial charge < -0.3 is 19.7 Å². The fraction of sp³-hybridized carbons (Fsp3) is 0.857. The highest BCUT2D eigenvalue weighted by molar-refractivity contribution is 7.47. The Kier molecular flexibility index (Phi) is 22.8. The zero-order valence-electron chi connectivity index (χ0n) is 24.4. The second kappa shape index (κ2) is 24.7. The van der Waals surface area contributed by atoms with E-state index in [9.17, 15) is 14.3 Å². The predicted molar refractivity (Wildman–Crippen MR) is 156 cm³/mol. The van der Waals surface area contributed by atoms with E-state index in [-0.39, 0.29) is 19.8 Å². The van der Waals surface area contributed by atoms with Gasteiger partial charge in [0.1, 0.15) is 19.3 Å². The zero-order chi connectivity index (χ0) is 28.4. The molecule has 11 heteroatoms. The number of unbranched alkanes of at least 4 members (excludes halogenated alkanes) is 15. The first kappa shape index (κ1) is 36.0. The fourth-order valence-corrected chi connectivity index (χ4v) is 5.50. The molecular weight excluding hydrogens is 539 g/mol. The van der Waals surface area contributed by atoms with Crippen molar-refractivity contribution in [2.24, 2.45) is 0 Å². The van der Waals surface area contributed by atoms with E-state index in [0.29, 0.717) is 13.1 Å². The molecule has 0 aromatic carbocycles. The monoisotopic (exact) mass is 593 g/mol. The van der Waals surface area contributed by atoms with Gasteiger partial charge in [-0.3, -0.25) is 9.05 Å². The van der Waals surface area contributed by atoms with Crippen molar-refractivity contribution in [3.05, 3.63) is 17.1 Å². The van der Waals surface area contributed by atoms with Gasteiger partial charge in [0.2, 0.25) is 5.51 Å². The molecule has 0 saturated carbocycles. The quantitative estimate of drug-likeness (QED) is 0.0632. The number of ether oxygens (including phenoxy) is 2. The van der Waals surface area contributed by atoms with Crippen LogP contribution in [0.5, 0.6) is 0 Å². The van der Waals surface area contributed by atoms with Crippen molar-refractivity contribution in [3.8, 4) is 0 Å². The average Bonchev–Trinajstić information content (AvgIpc) is 3.44. The van der Waals surface area contributed by atoms with Crippen molar-refractivity contribution >= 4 is 25.3 Å². The predicted octanol–water partition coefficient (Wildman–Crippen LogP) is 7.17. The Morgan fingerprint density at radius 3 is 1.97 bits per heavy atom. The van der Waals surface area contributed by atoms with Gasteiger partial charge in [0, 0.05) is 13.7 Å². The fourth-order valence-electron chi connectivity index (χ4n) is 4.13. The molecule has 0 fully saturated rings. The van der Waals surface area contributed by atoms with Crippen LogP contribution in [0, 0.1) is 0 Å². The van der Waals surface area contributed by atoms with Gasteiger partial charge >= 0.3 is 13.9 Å². The molecule has 0 bridgehead atoms. The number of carbonyl (C=O) groups is 1. The summed E-state index contributed by atoms with van der Waals surface area (Å²) < 4.78 is 34.1. The Bertz CT molecular complexity index is 740. The van der Waals surface area contributed by atoms with E-state index < -0.39 is 20.0 Å². The number of hydrogen-bond acceptors (Lipinski definition) is 7. The molecule has 2 N–H and O–H groups in total. The highest BCUT2D eigenvalue weighted by Crippen LogP contribution is 2.43. The molecular formula is C28H54N2O7PS+. The lowest BCUT2D eigenvalue weighted by Crippen LogP contribution is -2.33. The van der Waals surface area contributed by atoms with Crippen LogP contribution in [0.4, 0.5) is 4.79 Å². The van der Waals surface area contributed by atoms with Crippen LogP contribution in [-0.2, 0) is 29.6 Å². The molecule has 0 radical (unpaired) electrons. The summed E-state index contributed by atoms with van der Waals surface area (Å²) in [5.74, 6) is 0. The number of thiazole rings is 1. The van der Waals surface area contributed by atoms with Gasteiger partial charge in [0.15, 0.2) is 12.7 Å². The number of phosphoric acid groups is 1. The number of amides is 1. The van der Waals surface area contributed by atoms with E-state index in [1.54, 1.807) is 0 Å². The lowest BCUT2D eigenvalue weighted by molar-refractivity contribution is -0.693. The molecule has 9 nitrogen and oxygen atoms in total. The number of carbonyl (C=O) groups excluding carboxylic acids is 1. The van der Waals surface area contributed by atoms with Crippen LogP contribution in [0.2, 0.25) is 0 Å². The average molecular weight is 594 g/mol. The highest BCUT2D eigenvalue weighted by Gasteiger charge is 2.24. The van der Waals surface area contributed by atoms with Crippen LogP contribution < -0.4 is 9.88 Å². The van der Waals surface area contributed by atoms with Crippen molar-refractivity contribution in [1.29, 1.82) is 0 Å². The minimum Gasteiger partial charge on any atom is -0.447 e. The van der Waals surface area contributed by atoms with Gasteiger partial charge in [-0.1, -0.05) is 115 Å². The summed E-state index contributed by atoms with van der Waals surface area (Å²) in [5, 5.41) is 4.64. The first-order chi connectivity index (χ1) is 19.0. The maximum Gasteiger partial charge on any atom is 0.472 e. The Morgan fingerprint density at radius 2 is 1.46 bits per heavy atom. The number of alkyl carbamates (subject to hydrolysis) is 1. The number of aromatic nitrogens is 1. The molecule has 1 aromatic rings. The van der Waals surface area contributed by atoms with E-state index in [1.165, 1.54) is 108 Å². The number of phosphoric ester groups is 1. The number of nitrogens with zero attached hydrogens (tertiary/aromatic N) is 1. The van der Waals surface area contributed by atoms with Gasteiger partial charge in [-0.2, -0.15) is 4.57 Å². The van der Waals surface area contributed by atoms with Crippen LogP contribution in [0.3, 0.4) is 0 Å². The standard InChI is InChI=1S/C28H53N2O7PS/c1-3-4-5-6-7-8-9-10-11-12-13-14-15-16-17-18-19-29-28(31)35-24-27(34-2)25-37-38(32,33)36-22-20-30-21-23-39-26-30/h21,23,26-27H,3-20,22,24-25H2,1-2H3,(H-,29,31,32,33)/p+1. The maximum atomic E-state index is 12.0. The van der Waals surface area contributed by atoms with E-state index in [2.05, 4.69) is 12.2 Å². The minimum atomic E-state index is -4.22. The minimum absolute atomic E-state index is 0.0328. The molecule has 1 aromatic heterocycles. The zero-order valence-corrected chi connectivity index (χ0v) is 26.1. The van der Waals surface area contributed by atoms with Gasteiger partial charge in [0.05, 0.1) is 12.0 Å². The number of methoxy groups -OCH3 is 1. The lowest BCUT2D eigenvalue weighted by Gasteiger charge is -2.17. The molecule has 1 heterocycles. The number of hydrogen-bond donors (Lipinski definition) is 2. The number of nitrogens with one attached hydrogen (secondary N) is 1. The third-order valence-corrected chi connectivity index (χ3v) is 8.24. The molecule has 0 aliphatic heterocycles. The van der Waals surface area contributed by atoms with Crippen LogP contribution in [0.1, 0.15) is 110 Å². The smallest absolute Gasteiger partial charge is 0.447 e. The molecule has 0 aliphatic carbocycles. The summed E-state index contributed by atoms with van der Waals surface area (Å²) in [6.45, 7) is 2.98. The van der Waals surface area contributed by atoms with Crippen molar-refractivity contribution in [3.63, 3.8) is 0 Å². The van der Waals surface area contributed by atoms with E-state index in [0.717, 1.165) is 12.8 Å². The molecule has 2 atom stereocenters. The summed E-state index contributed by atoms with van der Waals surface area (Å²) in [7, 11) is -2.80. The molecule has 0 aliphatic rings. The summed E-state index contributed by atoms with van der Waals surface area (Å²) in [6.07, 6.45) is 21.6. The first-order valence-electron chi connectivity index (χ1n) is 14.9. The van der Waals surface area contributed by atoms with E-state index >= 15 is 0 Å². The van der Waals surface area contributed by atoms with Crippen molar-refractivity contribution in [2.75, 3.05) is 33.5 Å². The second-order valence-electron chi connectivity index (χ2n) is 10.0. The van der Waals surface area contributed by atoms with Gasteiger partial charge in [-0.05, 0) is 6.42 Å². The normalized spacial score (nSPS) is 13.7. The van der Waals surface area contributed by atoms with Gasteiger partial charge in [0.25, 0.3) is 0 Å². The van der Waals surface area contributed by atoms with Crippen LogP contribution in [0.15, 0.2) is 17.1 Å². The van der Waals surface area contributed by atoms with Gasteiger partial charge in [-0.25, -0.2) is 9.36 Å². The molecule has 2 unspecified atom stereocenters. The largest absolute Gasteiger partial charge is 0.472 e. The molecule has 39 heavy (non-hydrogen) atoms. The number of rotatable bonds is 27. The Balaban J connectivity index is 1.91. The van der Waals surface area contributed by atoms with Crippen LogP contribution in [0.25, 0.3) is 0 Å². The van der Waals surface area contributed by atoms with Crippen LogP contribution >= 0.6 is 19.2 Å². The first-order valence-corrected chi connectivity index (χ1v) is 17.4. The molecule has 1 rings (SSSR count). The SMILES string of the molecule is CCCCCCCCCCCCCCCCCCNC(=O)OCC(COP(=O)(O)OCC[n+]1ccsc1)OC. The highest BCUT2D eigenvalue weighted by atomic mass is 32.1. The van der Waals surface area contributed by atoms with Crippen LogP contribution in [-0.4, -0.2) is 50.6 Å². The third-order valence-electron chi connectivity index (χ3n) is 6.59. The third kappa shape index (κ3) is 22.4. The Morgan fingerprint density at radius 1 is 0.897 bits per heavy atom. The molecule has 1 amide bonds. The molecule has 0 saturated heterocycles.